The molecule has 0 saturated heterocycles. The fourth-order valence-corrected chi connectivity index (χ4v) is 2.06. The first-order chi connectivity index (χ1) is 9.01. The van der Waals surface area contributed by atoms with Gasteiger partial charge in [-0.3, -0.25) is 0 Å². The number of rotatable bonds is 7. The van der Waals surface area contributed by atoms with Crippen LogP contribution in [0.2, 0.25) is 0 Å². The second-order valence-electron chi connectivity index (χ2n) is 4.77. The van der Waals surface area contributed by atoms with E-state index in [4.69, 9.17) is 4.74 Å². The van der Waals surface area contributed by atoms with Crippen molar-refractivity contribution in [1.82, 2.24) is 0 Å². The Labute approximate surface area is 115 Å². The van der Waals surface area contributed by atoms with Gasteiger partial charge in [0.1, 0.15) is 0 Å². The maximum absolute atomic E-state index is 11.4. The molecule has 0 aromatic heterocycles. The Morgan fingerprint density at radius 3 is 2.68 bits per heavy atom. The van der Waals surface area contributed by atoms with Crippen molar-refractivity contribution in [3.63, 3.8) is 0 Å². The molecule has 1 aromatic rings. The van der Waals surface area contributed by atoms with Crippen LogP contribution in [0.25, 0.3) is 0 Å². The van der Waals surface area contributed by atoms with E-state index in [-0.39, 0.29) is 6.04 Å². The van der Waals surface area contributed by atoms with Gasteiger partial charge in [-0.1, -0.05) is 18.6 Å². The highest BCUT2D eigenvalue weighted by atomic mass is 16.5. The zero-order valence-electron chi connectivity index (χ0n) is 12.1. The lowest BCUT2D eigenvalue weighted by Gasteiger charge is -2.31. The van der Waals surface area contributed by atoms with Crippen molar-refractivity contribution in [2.24, 2.45) is 0 Å². The Balaban J connectivity index is 3.17. The first kappa shape index (κ1) is 15.5. The molecule has 19 heavy (non-hydrogen) atoms. The van der Waals surface area contributed by atoms with E-state index in [2.05, 4.69) is 18.7 Å². The standard InChI is InChI=1S/C15H23NO3/c1-5-12(3)16(8-9-19-4)14-7-6-11(2)10-13(14)15(17)18/h6-7,10,12H,5,8-9H2,1-4H3,(H,17,18). The summed E-state index contributed by atoms with van der Waals surface area (Å²) < 4.78 is 5.12. The molecule has 0 spiro atoms. The lowest BCUT2D eigenvalue weighted by Crippen LogP contribution is -2.36. The number of benzene rings is 1. The van der Waals surface area contributed by atoms with E-state index in [0.717, 1.165) is 17.7 Å². The van der Waals surface area contributed by atoms with E-state index >= 15 is 0 Å². The molecule has 1 atom stereocenters. The predicted octanol–water partition coefficient (Wildman–Crippen LogP) is 2.94. The number of methoxy groups -OCH3 is 1. The van der Waals surface area contributed by atoms with Gasteiger partial charge in [-0.15, -0.1) is 0 Å². The van der Waals surface area contributed by atoms with Crippen LogP contribution in [0.4, 0.5) is 5.69 Å². The van der Waals surface area contributed by atoms with Gasteiger partial charge in [-0.25, -0.2) is 4.79 Å². The van der Waals surface area contributed by atoms with Crippen molar-refractivity contribution >= 4 is 11.7 Å². The molecule has 0 heterocycles. The number of hydrogen-bond acceptors (Lipinski definition) is 3. The number of anilines is 1. The second-order valence-corrected chi connectivity index (χ2v) is 4.77. The van der Waals surface area contributed by atoms with E-state index in [1.54, 1.807) is 13.2 Å². The Kier molecular flexibility index (Phi) is 5.83. The molecule has 0 saturated carbocycles. The molecule has 1 rings (SSSR count). The predicted molar refractivity (Wildman–Crippen MR) is 77.1 cm³/mol. The fourth-order valence-electron chi connectivity index (χ4n) is 2.06. The molecular formula is C15H23NO3. The summed E-state index contributed by atoms with van der Waals surface area (Å²) >= 11 is 0. The van der Waals surface area contributed by atoms with E-state index in [1.807, 2.05) is 19.1 Å². The van der Waals surface area contributed by atoms with Crippen LogP contribution in [-0.4, -0.2) is 37.4 Å². The van der Waals surface area contributed by atoms with Crippen LogP contribution in [0.5, 0.6) is 0 Å². The van der Waals surface area contributed by atoms with Crippen molar-refractivity contribution in [1.29, 1.82) is 0 Å². The van der Waals surface area contributed by atoms with Crippen LogP contribution in [0, 0.1) is 6.92 Å². The third kappa shape index (κ3) is 3.96. The first-order valence-electron chi connectivity index (χ1n) is 6.60. The van der Waals surface area contributed by atoms with Crippen LogP contribution >= 0.6 is 0 Å². The molecule has 0 radical (unpaired) electrons. The molecule has 4 nitrogen and oxygen atoms in total. The number of aryl methyl sites for hydroxylation is 1. The van der Waals surface area contributed by atoms with Crippen LogP contribution in [0.1, 0.15) is 36.2 Å². The minimum absolute atomic E-state index is 0.274. The highest BCUT2D eigenvalue weighted by Crippen LogP contribution is 2.25. The highest BCUT2D eigenvalue weighted by Gasteiger charge is 2.19. The van der Waals surface area contributed by atoms with Gasteiger partial charge in [0.25, 0.3) is 0 Å². The average Bonchev–Trinajstić information content (AvgIpc) is 2.39. The Morgan fingerprint density at radius 1 is 1.47 bits per heavy atom. The molecule has 1 aromatic carbocycles. The van der Waals surface area contributed by atoms with E-state index in [9.17, 15) is 9.90 Å². The van der Waals surface area contributed by atoms with Crippen LogP contribution in [0.3, 0.4) is 0 Å². The van der Waals surface area contributed by atoms with Gasteiger partial charge in [-0.2, -0.15) is 0 Å². The monoisotopic (exact) mass is 265 g/mol. The van der Waals surface area contributed by atoms with Gasteiger partial charge in [-0.05, 0) is 32.4 Å². The summed E-state index contributed by atoms with van der Waals surface area (Å²) in [7, 11) is 1.65. The lowest BCUT2D eigenvalue weighted by atomic mass is 10.1. The van der Waals surface area contributed by atoms with E-state index in [0.29, 0.717) is 18.7 Å². The van der Waals surface area contributed by atoms with Gasteiger partial charge in [0, 0.05) is 19.7 Å². The molecule has 0 bridgehead atoms. The third-order valence-electron chi connectivity index (χ3n) is 3.35. The number of hydrogen-bond donors (Lipinski definition) is 1. The first-order valence-corrected chi connectivity index (χ1v) is 6.60. The molecule has 0 fully saturated rings. The Hall–Kier alpha value is -1.55. The summed E-state index contributed by atoms with van der Waals surface area (Å²) in [6, 6.07) is 5.83. The van der Waals surface area contributed by atoms with Crippen molar-refractivity contribution in [2.45, 2.75) is 33.2 Å². The maximum atomic E-state index is 11.4. The van der Waals surface area contributed by atoms with Gasteiger partial charge >= 0.3 is 5.97 Å². The van der Waals surface area contributed by atoms with Crippen molar-refractivity contribution < 1.29 is 14.6 Å². The average molecular weight is 265 g/mol. The summed E-state index contributed by atoms with van der Waals surface area (Å²) in [6.45, 7) is 7.37. The number of carbonyl (C=O) groups is 1. The van der Waals surface area contributed by atoms with Crippen molar-refractivity contribution in [3.05, 3.63) is 29.3 Å². The largest absolute Gasteiger partial charge is 0.478 e. The van der Waals surface area contributed by atoms with Crippen LogP contribution in [0.15, 0.2) is 18.2 Å². The van der Waals surface area contributed by atoms with Crippen molar-refractivity contribution in [3.8, 4) is 0 Å². The quantitative estimate of drug-likeness (QED) is 0.823. The molecule has 0 aliphatic carbocycles. The topological polar surface area (TPSA) is 49.8 Å². The molecule has 0 amide bonds. The summed E-state index contributed by atoms with van der Waals surface area (Å²) in [5.41, 5.74) is 2.08. The molecule has 1 N–H and O–H groups in total. The molecule has 1 unspecified atom stereocenters. The van der Waals surface area contributed by atoms with E-state index < -0.39 is 5.97 Å². The number of aromatic carboxylic acids is 1. The zero-order chi connectivity index (χ0) is 14.4. The normalized spacial score (nSPS) is 12.2. The second kappa shape index (κ2) is 7.14. The minimum atomic E-state index is -0.885. The summed E-state index contributed by atoms with van der Waals surface area (Å²) in [5.74, 6) is -0.885. The minimum Gasteiger partial charge on any atom is -0.478 e. The maximum Gasteiger partial charge on any atom is 0.337 e. The number of carboxylic acid groups (broad SMARTS) is 1. The van der Waals surface area contributed by atoms with Gasteiger partial charge in [0.05, 0.1) is 17.9 Å². The number of ether oxygens (including phenoxy) is 1. The smallest absolute Gasteiger partial charge is 0.337 e. The number of nitrogens with zero attached hydrogens (tertiary/aromatic N) is 1. The number of carboxylic acids is 1. The lowest BCUT2D eigenvalue weighted by molar-refractivity contribution is 0.0697. The summed E-state index contributed by atoms with van der Waals surface area (Å²) in [4.78, 5) is 13.5. The molecule has 4 heteroatoms. The fraction of sp³-hybridized carbons (Fsp3) is 0.533. The Bertz CT molecular complexity index is 431. The van der Waals surface area contributed by atoms with Gasteiger partial charge < -0.3 is 14.7 Å². The van der Waals surface area contributed by atoms with Gasteiger partial charge in [0.15, 0.2) is 0 Å². The Morgan fingerprint density at radius 2 is 2.16 bits per heavy atom. The van der Waals surface area contributed by atoms with Gasteiger partial charge in [0.2, 0.25) is 0 Å². The van der Waals surface area contributed by atoms with Crippen molar-refractivity contribution in [2.75, 3.05) is 25.2 Å². The molecular weight excluding hydrogens is 242 g/mol. The third-order valence-corrected chi connectivity index (χ3v) is 3.35. The summed E-state index contributed by atoms with van der Waals surface area (Å²) in [6.07, 6.45) is 0.955. The molecule has 0 aliphatic rings. The zero-order valence-corrected chi connectivity index (χ0v) is 12.1. The highest BCUT2D eigenvalue weighted by molar-refractivity contribution is 5.94. The van der Waals surface area contributed by atoms with Crippen LogP contribution < -0.4 is 4.90 Å². The molecule has 106 valence electrons. The van der Waals surface area contributed by atoms with Crippen LogP contribution in [-0.2, 0) is 4.74 Å². The SMILES string of the molecule is CCC(C)N(CCOC)c1ccc(C)cc1C(=O)O. The molecule has 0 aliphatic heterocycles. The van der Waals surface area contributed by atoms with E-state index in [1.165, 1.54) is 0 Å². The summed E-state index contributed by atoms with van der Waals surface area (Å²) in [5, 5.41) is 9.36.